The van der Waals surface area contributed by atoms with Crippen molar-refractivity contribution in [1.29, 1.82) is 0 Å². The fraction of sp³-hybridized carbons (Fsp3) is 0.240. The highest BCUT2D eigenvalue weighted by atomic mass is 19.4. The minimum absolute atomic E-state index is 0.0553. The Balaban J connectivity index is 1.33. The van der Waals surface area contributed by atoms with E-state index in [0.29, 0.717) is 42.3 Å². The van der Waals surface area contributed by atoms with Gasteiger partial charge >= 0.3 is 12.1 Å². The van der Waals surface area contributed by atoms with Crippen LogP contribution in [0.15, 0.2) is 57.6 Å². The molecule has 0 radical (unpaired) electrons. The summed E-state index contributed by atoms with van der Waals surface area (Å²) < 4.78 is 58.9. The highest BCUT2D eigenvalue weighted by Gasteiger charge is 2.43. The number of aromatic nitrogens is 2. The topological polar surface area (TPSA) is 102 Å². The summed E-state index contributed by atoms with van der Waals surface area (Å²) in [4.78, 5) is 13.0. The molecule has 4 heterocycles. The Morgan fingerprint density at radius 2 is 1.75 bits per heavy atom. The van der Waals surface area contributed by atoms with Crippen molar-refractivity contribution in [3.8, 4) is 39.8 Å². The maximum absolute atomic E-state index is 14.1. The van der Waals surface area contributed by atoms with Gasteiger partial charge in [-0.3, -0.25) is 9.69 Å². The minimum Gasteiger partial charge on any atom is -0.488 e. The zero-order chi connectivity index (χ0) is 25.0. The second-order valence-corrected chi connectivity index (χ2v) is 8.79. The van der Waals surface area contributed by atoms with Crippen LogP contribution in [0, 0.1) is 5.92 Å². The van der Waals surface area contributed by atoms with E-state index in [2.05, 4.69) is 10.3 Å². The van der Waals surface area contributed by atoms with Gasteiger partial charge in [0.05, 0.1) is 17.0 Å². The van der Waals surface area contributed by atoms with Gasteiger partial charge in [-0.15, -0.1) is 0 Å². The smallest absolute Gasteiger partial charge is 0.422 e. The maximum Gasteiger partial charge on any atom is 0.422 e. The molecule has 4 aromatic rings. The van der Waals surface area contributed by atoms with Crippen molar-refractivity contribution in [2.45, 2.75) is 19.3 Å². The highest BCUT2D eigenvalue weighted by molar-refractivity contribution is 5.80. The van der Waals surface area contributed by atoms with Gasteiger partial charge in [0.1, 0.15) is 29.3 Å². The number of halogens is 3. The van der Waals surface area contributed by atoms with E-state index in [-0.39, 0.29) is 23.8 Å². The van der Waals surface area contributed by atoms with Crippen LogP contribution in [0.4, 0.5) is 13.2 Å². The first-order valence-electron chi connectivity index (χ1n) is 11.1. The summed E-state index contributed by atoms with van der Waals surface area (Å²) in [6.07, 6.45) is -4.74. The number of alkyl halides is 3. The standard InChI is InChI=1S/C25H18F3N3O5/c26-25(27,28)19-21(30-35-22(19)14-4-2-1-3-5-14)20-17-12-34-18-8-13(6-7-16(18)23(17)36-29-20)9-31-10-15(11-31)24(32)33/h1-8,15H,9-12H2,(H,32,33). The molecule has 0 aliphatic carbocycles. The summed E-state index contributed by atoms with van der Waals surface area (Å²) in [5.74, 6) is -0.725. The molecule has 0 atom stereocenters. The van der Waals surface area contributed by atoms with Crippen LogP contribution in [0.5, 0.6) is 5.75 Å². The van der Waals surface area contributed by atoms with Gasteiger partial charge in [-0.2, -0.15) is 13.2 Å². The number of rotatable bonds is 5. The van der Waals surface area contributed by atoms with E-state index in [1.165, 1.54) is 12.1 Å². The Bertz CT molecular complexity index is 1460. The third-order valence-electron chi connectivity index (χ3n) is 6.40. The summed E-state index contributed by atoms with van der Waals surface area (Å²) in [7, 11) is 0. The summed E-state index contributed by atoms with van der Waals surface area (Å²) in [5.41, 5.74) is 0.502. The predicted octanol–water partition coefficient (Wildman–Crippen LogP) is 5.09. The van der Waals surface area contributed by atoms with Crippen LogP contribution in [0.2, 0.25) is 0 Å². The summed E-state index contributed by atoms with van der Waals surface area (Å²) >= 11 is 0. The predicted molar refractivity (Wildman–Crippen MR) is 119 cm³/mol. The number of likely N-dealkylation sites (tertiary alicyclic amines) is 1. The molecule has 36 heavy (non-hydrogen) atoms. The monoisotopic (exact) mass is 497 g/mol. The molecule has 1 N–H and O–H groups in total. The lowest BCUT2D eigenvalue weighted by atomic mass is 9.97. The Labute approximate surface area is 201 Å². The minimum atomic E-state index is -4.74. The fourth-order valence-corrected chi connectivity index (χ4v) is 4.58. The van der Waals surface area contributed by atoms with Crippen molar-refractivity contribution in [3.05, 3.63) is 65.2 Å². The van der Waals surface area contributed by atoms with Crippen LogP contribution in [0.3, 0.4) is 0 Å². The van der Waals surface area contributed by atoms with E-state index in [4.69, 9.17) is 18.9 Å². The van der Waals surface area contributed by atoms with E-state index >= 15 is 0 Å². The van der Waals surface area contributed by atoms with E-state index in [9.17, 15) is 18.0 Å². The molecule has 6 rings (SSSR count). The molecule has 0 unspecified atom stereocenters. The molecule has 0 bridgehead atoms. The molecule has 2 aliphatic heterocycles. The van der Waals surface area contributed by atoms with Crippen LogP contribution in [0.25, 0.3) is 34.0 Å². The molecule has 8 nitrogen and oxygen atoms in total. The van der Waals surface area contributed by atoms with Crippen molar-refractivity contribution in [1.82, 2.24) is 15.2 Å². The van der Waals surface area contributed by atoms with Gasteiger partial charge in [-0.25, -0.2) is 0 Å². The molecule has 0 spiro atoms. The molecule has 184 valence electrons. The zero-order valence-electron chi connectivity index (χ0n) is 18.6. The van der Waals surface area contributed by atoms with Crippen molar-refractivity contribution in [3.63, 3.8) is 0 Å². The van der Waals surface area contributed by atoms with Gasteiger partial charge in [0, 0.05) is 25.2 Å². The van der Waals surface area contributed by atoms with E-state index in [0.717, 1.165) is 5.56 Å². The fourth-order valence-electron chi connectivity index (χ4n) is 4.58. The largest absolute Gasteiger partial charge is 0.488 e. The van der Waals surface area contributed by atoms with Crippen LogP contribution in [0.1, 0.15) is 16.7 Å². The average Bonchev–Trinajstić information content (AvgIpc) is 3.45. The Morgan fingerprint density at radius 3 is 2.47 bits per heavy atom. The number of aliphatic carboxylic acids is 1. The molecule has 0 amide bonds. The molecule has 2 aromatic carbocycles. The number of ether oxygens (including phenoxy) is 1. The zero-order valence-corrected chi connectivity index (χ0v) is 18.6. The average molecular weight is 497 g/mol. The SMILES string of the molecule is O=C(O)C1CN(Cc2ccc3c(c2)OCc2c(-c4noc(-c5ccccc5)c4C(F)(F)F)noc2-3)C1. The van der Waals surface area contributed by atoms with Gasteiger partial charge < -0.3 is 18.9 Å². The van der Waals surface area contributed by atoms with Crippen molar-refractivity contribution in [2.24, 2.45) is 5.92 Å². The second-order valence-electron chi connectivity index (χ2n) is 8.79. The van der Waals surface area contributed by atoms with Crippen LogP contribution in [-0.2, 0) is 24.1 Å². The molecule has 2 aromatic heterocycles. The summed E-state index contributed by atoms with van der Waals surface area (Å²) in [6, 6.07) is 13.4. The Kier molecular flexibility index (Phi) is 5.11. The first-order valence-corrected chi connectivity index (χ1v) is 11.1. The lowest BCUT2D eigenvalue weighted by Gasteiger charge is -2.36. The molecule has 1 fully saturated rings. The van der Waals surface area contributed by atoms with Crippen LogP contribution >= 0.6 is 0 Å². The molecular formula is C25H18F3N3O5. The van der Waals surface area contributed by atoms with Crippen LogP contribution < -0.4 is 4.74 Å². The summed E-state index contributed by atoms with van der Waals surface area (Å²) in [6.45, 7) is 1.46. The van der Waals surface area contributed by atoms with Crippen molar-refractivity contribution < 1.29 is 36.9 Å². The normalized spacial score (nSPS) is 15.6. The van der Waals surface area contributed by atoms with Gasteiger partial charge in [0.2, 0.25) is 0 Å². The maximum atomic E-state index is 14.1. The van der Waals surface area contributed by atoms with Gasteiger partial charge in [-0.1, -0.05) is 46.7 Å². The third-order valence-corrected chi connectivity index (χ3v) is 6.40. The van der Waals surface area contributed by atoms with Gasteiger partial charge in [0.25, 0.3) is 0 Å². The van der Waals surface area contributed by atoms with Crippen molar-refractivity contribution >= 4 is 5.97 Å². The quantitative estimate of drug-likeness (QED) is 0.407. The van der Waals surface area contributed by atoms with E-state index in [1.807, 2.05) is 17.0 Å². The second kappa shape index (κ2) is 8.23. The number of nitrogens with zero attached hydrogens (tertiary/aromatic N) is 3. The number of carbonyl (C=O) groups is 1. The van der Waals surface area contributed by atoms with Gasteiger partial charge in [-0.05, 0) is 17.7 Å². The lowest BCUT2D eigenvalue weighted by molar-refractivity contribution is -0.147. The Morgan fingerprint density at radius 1 is 1.03 bits per heavy atom. The molecular weight excluding hydrogens is 479 g/mol. The third kappa shape index (κ3) is 3.72. The first kappa shape index (κ1) is 22.4. The number of hydrogen-bond acceptors (Lipinski definition) is 7. The Hall–Kier alpha value is -4.12. The lowest BCUT2D eigenvalue weighted by Crippen LogP contribution is -2.49. The van der Waals surface area contributed by atoms with Crippen LogP contribution in [-0.4, -0.2) is 39.4 Å². The number of benzene rings is 2. The number of hydrogen-bond donors (Lipinski definition) is 1. The first-order chi connectivity index (χ1) is 17.3. The van der Waals surface area contributed by atoms with Gasteiger partial charge in [0.15, 0.2) is 11.5 Å². The summed E-state index contributed by atoms with van der Waals surface area (Å²) in [5, 5.41) is 16.7. The molecule has 1 saturated heterocycles. The number of carboxylic acids is 1. The molecule has 0 saturated carbocycles. The highest BCUT2D eigenvalue weighted by Crippen LogP contribution is 2.47. The van der Waals surface area contributed by atoms with Crippen molar-refractivity contribution in [2.75, 3.05) is 13.1 Å². The molecule has 2 aliphatic rings. The number of fused-ring (bicyclic) bond motifs is 3. The van der Waals surface area contributed by atoms with E-state index < -0.39 is 29.2 Å². The van der Waals surface area contributed by atoms with E-state index in [1.54, 1.807) is 24.3 Å². The molecule has 11 heteroatoms. The number of carboxylic acid groups (broad SMARTS) is 1.